The molecular weight excluding hydrogens is 321 g/mol. The van der Waals surface area contributed by atoms with Crippen LogP contribution < -0.4 is 11.3 Å². The van der Waals surface area contributed by atoms with Gasteiger partial charge < -0.3 is 5.73 Å². The summed E-state index contributed by atoms with van der Waals surface area (Å²) in [5.41, 5.74) is 5.85. The van der Waals surface area contributed by atoms with Crippen LogP contribution in [0.25, 0.3) is 10.8 Å². The van der Waals surface area contributed by atoms with Crippen molar-refractivity contribution in [3.05, 3.63) is 74.4 Å². The predicted octanol–water partition coefficient (Wildman–Crippen LogP) is 2.21. The number of nitrogens with one attached hydrogen (secondary N) is 1. The number of nitrogens with zero attached hydrogens (tertiary/aromatic N) is 1. The van der Waals surface area contributed by atoms with Crippen molar-refractivity contribution < 1.29 is 9.18 Å². The first-order valence-electron chi connectivity index (χ1n) is 6.63. The Hall–Kier alpha value is -2.73. The van der Waals surface area contributed by atoms with Crippen molar-refractivity contribution in [3.63, 3.8) is 0 Å². The van der Waals surface area contributed by atoms with E-state index in [0.717, 1.165) is 0 Å². The molecule has 0 bridgehead atoms. The summed E-state index contributed by atoms with van der Waals surface area (Å²) >= 11 is 5.66. The van der Waals surface area contributed by atoms with E-state index in [1.807, 2.05) is 0 Å². The zero-order chi connectivity index (χ0) is 16.6. The van der Waals surface area contributed by atoms with Crippen molar-refractivity contribution in [1.82, 2.24) is 10.2 Å². The quantitative estimate of drug-likeness (QED) is 0.771. The van der Waals surface area contributed by atoms with Gasteiger partial charge in [-0.15, -0.1) is 0 Å². The van der Waals surface area contributed by atoms with Gasteiger partial charge in [-0.25, -0.2) is 9.49 Å². The maximum absolute atomic E-state index is 13.6. The molecule has 3 N–H and O–H groups in total. The van der Waals surface area contributed by atoms with E-state index in [1.165, 1.54) is 18.2 Å². The molecule has 1 amide bonds. The highest BCUT2D eigenvalue weighted by atomic mass is 35.5. The molecule has 1 heterocycles. The minimum atomic E-state index is -0.754. The number of fused-ring (bicyclic) bond motifs is 1. The van der Waals surface area contributed by atoms with Crippen LogP contribution in [0.4, 0.5) is 4.39 Å². The van der Waals surface area contributed by atoms with Gasteiger partial charge in [-0.05, 0) is 23.8 Å². The highest BCUT2D eigenvalue weighted by Crippen LogP contribution is 2.21. The number of rotatable bonds is 3. The highest BCUT2D eigenvalue weighted by molar-refractivity contribution is 6.30. The number of aromatic nitrogens is 2. The molecule has 0 aliphatic carbocycles. The fourth-order valence-corrected chi connectivity index (χ4v) is 2.50. The normalized spacial score (nSPS) is 10.9. The Kier molecular flexibility index (Phi) is 3.83. The Balaban J connectivity index is 2.17. The number of hydrogen-bond donors (Lipinski definition) is 2. The number of primary amides is 1. The summed E-state index contributed by atoms with van der Waals surface area (Å²) in [5, 5.41) is 6.95. The molecule has 3 rings (SSSR count). The number of nitrogens with two attached hydrogens (primary N) is 1. The molecule has 0 spiro atoms. The Morgan fingerprint density at radius 1 is 1.39 bits per heavy atom. The first kappa shape index (κ1) is 15.2. The van der Waals surface area contributed by atoms with Gasteiger partial charge in [0.1, 0.15) is 5.82 Å². The molecule has 23 heavy (non-hydrogen) atoms. The minimum Gasteiger partial charge on any atom is -0.366 e. The Morgan fingerprint density at radius 2 is 2.17 bits per heavy atom. The molecule has 7 heteroatoms. The number of amides is 1. The molecular formula is C16H10ClFN3O2. The molecule has 0 aliphatic rings. The van der Waals surface area contributed by atoms with Crippen molar-refractivity contribution in [1.29, 1.82) is 0 Å². The topological polar surface area (TPSA) is 88.8 Å². The predicted molar refractivity (Wildman–Crippen MR) is 83.9 cm³/mol. The minimum absolute atomic E-state index is 0.00492. The number of hydrogen-bond acceptors (Lipinski definition) is 3. The van der Waals surface area contributed by atoms with Crippen LogP contribution in [-0.4, -0.2) is 16.1 Å². The molecule has 0 fully saturated rings. The molecule has 0 unspecified atom stereocenters. The zero-order valence-electron chi connectivity index (χ0n) is 11.7. The third-order valence-electron chi connectivity index (χ3n) is 3.43. The van der Waals surface area contributed by atoms with E-state index in [-0.39, 0.29) is 22.4 Å². The summed E-state index contributed by atoms with van der Waals surface area (Å²) in [7, 11) is 0. The van der Waals surface area contributed by atoms with E-state index < -0.39 is 17.3 Å². The molecule has 0 aliphatic heterocycles. The zero-order valence-corrected chi connectivity index (χ0v) is 12.4. The van der Waals surface area contributed by atoms with E-state index >= 15 is 0 Å². The lowest BCUT2D eigenvalue weighted by atomic mass is 10.0. The lowest BCUT2D eigenvalue weighted by Crippen LogP contribution is -2.19. The van der Waals surface area contributed by atoms with Crippen molar-refractivity contribution in [3.8, 4) is 0 Å². The van der Waals surface area contributed by atoms with Crippen LogP contribution in [0.1, 0.15) is 21.6 Å². The van der Waals surface area contributed by atoms with Gasteiger partial charge in [0.2, 0.25) is 5.91 Å². The third-order valence-corrected chi connectivity index (χ3v) is 3.74. The Bertz CT molecular complexity index is 985. The molecule has 5 nitrogen and oxygen atoms in total. The van der Waals surface area contributed by atoms with Crippen LogP contribution in [0.3, 0.4) is 0 Å². The molecule has 0 atom stereocenters. The van der Waals surface area contributed by atoms with Gasteiger partial charge in [-0.2, -0.15) is 5.10 Å². The first-order chi connectivity index (χ1) is 11.0. The molecule has 0 saturated heterocycles. The molecule has 0 saturated carbocycles. The summed E-state index contributed by atoms with van der Waals surface area (Å²) < 4.78 is 13.6. The number of carbonyl (C=O) groups excluding carboxylic acids is 1. The smallest absolute Gasteiger partial charge is 0.272 e. The van der Waals surface area contributed by atoms with E-state index in [9.17, 15) is 14.0 Å². The summed E-state index contributed by atoms with van der Waals surface area (Å²) in [4.78, 5) is 23.5. The Labute approximate surface area is 134 Å². The summed E-state index contributed by atoms with van der Waals surface area (Å²) in [6, 6.07) is 10.2. The summed E-state index contributed by atoms with van der Waals surface area (Å²) in [6.07, 6.45) is 0.254. The van der Waals surface area contributed by atoms with Crippen LogP contribution in [0.15, 0.2) is 35.1 Å². The monoisotopic (exact) mass is 330 g/mol. The van der Waals surface area contributed by atoms with Crippen molar-refractivity contribution >= 4 is 28.3 Å². The summed E-state index contributed by atoms with van der Waals surface area (Å²) in [5.74, 6) is -1.29. The largest absolute Gasteiger partial charge is 0.366 e. The number of benzene rings is 2. The second kappa shape index (κ2) is 5.81. The van der Waals surface area contributed by atoms with Gasteiger partial charge in [-0.1, -0.05) is 29.8 Å². The second-order valence-electron chi connectivity index (χ2n) is 4.93. The van der Waals surface area contributed by atoms with Crippen LogP contribution in [0, 0.1) is 11.9 Å². The van der Waals surface area contributed by atoms with Gasteiger partial charge in [0.05, 0.1) is 21.7 Å². The Morgan fingerprint density at radius 3 is 2.87 bits per heavy atom. The maximum Gasteiger partial charge on any atom is 0.272 e. The molecule has 3 aromatic rings. The lowest BCUT2D eigenvalue weighted by molar-refractivity contribution is 0.100. The van der Waals surface area contributed by atoms with Crippen molar-refractivity contribution in [2.24, 2.45) is 5.73 Å². The van der Waals surface area contributed by atoms with Crippen LogP contribution in [0.5, 0.6) is 0 Å². The number of halogens is 2. The fourth-order valence-electron chi connectivity index (χ4n) is 2.38. The molecule has 1 radical (unpaired) electrons. The number of H-pyrrole nitrogens is 1. The molecule has 2 aromatic carbocycles. The standard InChI is InChI=1S/C16H10ClFN3O2/c17-11-5-4-8(6-12(11)18)7-13-9-2-1-3-10(15(19)22)14(9)16(23)21-20-13/h1-2,4-6H,7H2,(H2,19,22)(H,21,23). The number of carbonyl (C=O) groups is 1. The van der Waals surface area contributed by atoms with E-state index in [0.29, 0.717) is 16.6 Å². The van der Waals surface area contributed by atoms with Crippen molar-refractivity contribution in [2.45, 2.75) is 6.42 Å². The highest BCUT2D eigenvalue weighted by Gasteiger charge is 2.14. The van der Waals surface area contributed by atoms with E-state index in [2.05, 4.69) is 16.3 Å². The SMILES string of the molecule is NC(=O)c1[c]ccc2c(Cc3ccc(Cl)c(F)c3)n[nH]c(=O)c12. The molecule has 1 aromatic heterocycles. The average Bonchev–Trinajstić information content (AvgIpc) is 2.53. The van der Waals surface area contributed by atoms with Gasteiger partial charge in [0.25, 0.3) is 5.56 Å². The maximum atomic E-state index is 13.6. The third kappa shape index (κ3) is 2.80. The van der Waals surface area contributed by atoms with Crippen LogP contribution in [-0.2, 0) is 6.42 Å². The van der Waals surface area contributed by atoms with E-state index in [1.54, 1.807) is 12.1 Å². The first-order valence-corrected chi connectivity index (χ1v) is 7.01. The average molecular weight is 331 g/mol. The number of aromatic amines is 1. The second-order valence-corrected chi connectivity index (χ2v) is 5.34. The van der Waals surface area contributed by atoms with E-state index in [4.69, 9.17) is 17.3 Å². The van der Waals surface area contributed by atoms with Crippen molar-refractivity contribution in [2.75, 3.05) is 0 Å². The lowest BCUT2D eigenvalue weighted by Gasteiger charge is -2.07. The molecule has 115 valence electrons. The van der Waals surface area contributed by atoms with Crippen LogP contribution in [0.2, 0.25) is 5.02 Å². The fraction of sp³-hybridized carbons (Fsp3) is 0.0625. The van der Waals surface area contributed by atoms with Crippen LogP contribution >= 0.6 is 11.6 Å². The van der Waals surface area contributed by atoms with Gasteiger partial charge in [-0.3, -0.25) is 9.59 Å². The van der Waals surface area contributed by atoms with Gasteiger partial charge in [0, 0.05) is 11.8 Å². The van der Waals surface area contributed by atoms with Gasteiger partial charge in [0.15, 0.2) is 0 Å². The summed E-state index contributed by atoms with van der Waals surface area (Å²) in [6.45, 7) is 0. The van der Waals surface area contributed by atoms with Gasteiger partial charge >= 0.3 is 0 Å².